The van der Waals surface area contributed by atoms with Crippen molar-refractivity contribution in [2.24, 2.45) is 0 Å². The molecule has 0 bridgehead atoms. The summed E-state index contributed by atoms with van der Waals surface area (Å²) >= 11 is 0. The van der Waals surface area contributed by atoms with E-state index in [2.05, 4.69) is 5.32 Å². The van der Waals surface area contributed by atoms with Crippen molar-refractivity contribution in [1.29, 1.82) is 0 Å². The Morgan fingerprint density at radius 1 is 1.64 bits per heavy atom. The topological polar surface area (TPSA) is 75.6 Å². The van der Waals surface area contributed by atoms with Crippen molar-refractivity contribution in [2.75, 3.05) is 6.61 Å². The number of amides is 1. The van der Waals surface area contributed by atoms with E-state index in [1.807, 2.05) is 0 Å². The van der Waals surface area contributed by atoms with Crippen molar-refractivity contribution in [3.8, 4) is 0 Å². The normalized spacial score (nSPS) is 23.1. The average molecular weight is 201 g/mol. The largest absolute Gasteiger partial charge is 0.480 e. The summed E-state index contributed by atoms with van der Waals surface area (Å²) in [5, 5.41) is 11.2. The van der Waals surface area contributed by atoms with Gasteiger partial charge >= 0.3 is 5.97 Å². The van der Waals surface area contributed by atoms with Crippen LogP contribution in [0.4, 0.5) is 0 Å². The first-order chi connectivity index (χ1) is 6.65. The summed E-state index contributed by atoms with van der Waals surface area (Å²) in [7, 11) is 0. The first-order valence-electron chi connectivity index (χ1n) is 4.80. The van der Waals surface area contributed by atoms with Crippen molar-refractivity contribution >= 4 is 11.9 Å². The summed E-state index contributed by atoms with van der Waals surface area (Å²) in [6, 6.07) is -0.799. The molecule has 5 nitrogen and oxygen atoms in total. The molecule has 5 heteroatoms. The molecule has 0 spiro atoms. The van der Waals surface area contributed by atoms with Gasteiger partial charge in [-0.15, -0.1) is 0 Å². The number of carboxylic acid groups (broad SMARTS) is 1. The van der Waals surface area contributed by atoms with Gasteiger partial charge in [0.15, 0.2) is 0 Å². The van der Waals surface area contributed by atoms with E-state index in [1.54, 1.807) is 6.92 Å². The molecular weight excluding hydrogens is 186 g/mol. The molecule has 0 aromatic heterocycles. The minimum atomic E-state index is -1.00. The lowest BCUT2D eigenvalue weighted by molar-refractivity contribution is -0.143. The number of hydrogen-bond donors (Lipinski definition) is 2. The van der Waals surface area contributed by atoms with Crippen LogP contribution in [-0.2, 0) is 14.3 Å². The number of nitrogens with one attached hydrogen (secondary N) is 1. The van der Waals surface area contributed by atoms with E-state index in [0.717, 1.165) is 6.42 Å². The zero-order valence-electron chi connectivity index (χ0n) is 8.16. The van der Waals surface area contributed by atoms with E-state index in [4.69, 9.17) is 9.84 Å². The Balaban J connectivity index is 2.41. The molecule has 0 aromatic rings. The fraction of sp³-hybridized carbons (Fsp3) is 0.778. The molecule has 0 radical (unpaired) electrons. The number of carbonyl (C=O) groups excluding carboxylic acids is 1. The minimum absolute atomic E-state index is 0.309. The van der Waals surface area contributed by atoms with Crippen LogP contribution in [0.15, 0.2) is 0 Å². The molecule has 1 aliphatic rings. The maximum absolute atomic E-state index is 11.4. The average Bonchev–Trinajstić information content (AvgIpc) is 2.65. The summed E-state index contributed by atoms with van der Waals surface area (Å²) in [5.74, 6) is -1.31. The lowest BCUT2D eigenvalue weighted by Crippen LogP contribution is -2.44. The Morgan fingerprint density at radius 2 is 2.36 bits per heavy atom. The van der Waals surface area contributed by atoms with Crippen LogP contribution in [0.5, 0.6) is 0 Å². The molecule has 1 unspecified atom stereocenters. The zero-order chi connectivity index (χ0) is 10.6. The third-order valence-electron chi connectivity index (χ3n) is 2.24. The Bertz CT molecular complexity index is 223. The predicted octanol–water partition coefficient (Wildman–Crippen LogP) is 0.145. The monoisotopic (exact) mass is 201 g/mol. The lowest BCUT2D eigenvalue weighted by atomic mass is 10.2. The predicted molar refractivity (Wildman–Crippen MR) is 48.8 cm³/mol. The second-order valence-electron chi connectivity index (χ2n) is 3.31. The molecule has 0 aromatic carbocycles. The van der Waals surface area contributed by atoms with Gasteiger partial charge in [0, 0.05) is 6.61 Å². The number of rotatable bonds is 4. The summed E-state index contributed by atoms with van der Waals surface area (Å²) < 4.78 is 5.13. The van der Waals surface area contributed by atoms with Crippen LogP contribution in [0, 0.1) is 0 Å². The van der Waals surface area contributed by atoms with Crippen LogP contribution >= 0.6 is 0 Å². The summed E-state index contributed by atoms with van der Waals surface area (Å²) in [5.41, 5.74) is 0. The first kappa shape index (κ1) is 11.0. The molecule has 2 N–H and O–H groups in total. The third-order valence-corrected chi connectivity index (χ3v) is 2.24. The number of aliphatic carboxylic acids is 1. The maximum atomic E-state index is 11.4. The summed E-state index contributed by atoms with van der Waals surface area (Å²) in [6.07, 6.45) is 1.47. The molecule has 2 atom stereocenters. The highest BCUT2D eigenvalue weighted by Gasteiger charge is 2.27. The highest BCUT2D eigenvalue weighted by atomic mass is 16.5. The SMILES string of the molecule is CC[C@H](NC(=O)C1CCCO1)C(=O)O. The van der Waals surface area contributed by atoms with E-state index in [-0.39, 0.29) is 5.91 Å². The van der Waals surface area contributed by atoms with E-state index in [9.17, 15) is 9.59 Å². The fourth-order valence-electron chi connectivity index (χ4n) is 1.39. The summed E-state index contributed by atoms with van der Waals surface area (Å²) in [4.78, 5) is 22.0. The minimum Gasteiger partial charge on any atom is -0.480 e. The van der Waals surface area contributed by atoms with Crippen LogP contribution in [0.1, 0.15) is 26.2 Å². The second kappa shape index (κ2) is 4.95. The van der Waals surface area contributed by atoms with Crippen molar-refractivity contribution in [3.05, 3.63) is 0 Å². The highest BCUT2D eigenvalue weighted by molar-refractivity contribution is 5.86. The van der Waals surface area contributed by atoms with Crippen molar-refractivity contribution in [1.82, 2.24) is 5.32 Å². The van der Waals surface area contributed by atoms with Gasteiger partial charge in [-0.05, 0) is 19.3 Å². The van der Waals surface area contributed by atoms with Crippen LogP contribution < -0.4 is 5.32 Å². The van der Waals surface area contributed by atoms with Gasteiger partial charge in [-0.25, -0.2) is 4.79 Å². The van der Waals surface area contributed by atoms with Gasteiger partial charge in [0.1, 0.15) is 12.1 Å². The van der Waals surface area contributed by atoms with Gasteiger partial charge in [-0.1, -0.05) is 6.92 Å². The van der Waals surface area contributed by atoms with E-state index >= 15 is 0 Å². The highest BCUT2D eigenvalue weighted by Crippen LogP contribution is 2.12. The van der Waals surface area contributed by atoms with Gasteiger partial charge in [0.05, 0.1) is 0 Å². The van der Waals surface area contributed by atoms with Gasteiger partial charge in [0.25, 0.3) is 0 Å². The number of carbonyl (C=O) groups is 2. The van der Waals surface area contributed by atoms with Gasteiger partial charge in [-0.2, -0.15) is 0 Å². The van der Waals surface area contributed by atoms with Gasteiger partial charge in [-0.3, -0.25) is 4.79 Å². The molecule has 1 heterocycles. The molecular formula is C9H15NO4. The lowest BCUT2D eigenvalue weighted by Gasteiger charge is -2.15. The van der Waals surface area contributed by atoms with Crippen molar-refractivity contribution in [3.63, 3.8) is 0 Å². The Hall–Kier alpha value is -1.10. The van der Waals surface area contributed by atoms with Crippen molar-refractivity contribution in [2.45, 2.75) is 38.3 Å². The number of hydrogen-bond acceptors (Lipinski definition) is 3. The number of carboxylic acids is 1. The standard InChI is InChI=1S/C9H15NO4/c1-2-6(9(12)13)10-8(11)7-4-3-5-14-7/h6-7H,2-5H2,1H3,(H,10,11)(H,12,13)/t6-,7?/m0/s1. The zero-order valence-corrected chi connectivity index (χ0v) is 8.16. The second-order valence-corrected chi connectivity index (χ2v) is 3.31. The molecule has 1 aliphatic heterocycles. The van der Waals surface area contributed by atoms with E-state index in [1.165, 1.54) is 0 Å². The summed E-state index contributed by atoms with van der Waals surface area (Å²) in [6.45, 7) is 2.30. The molecule has 14 heavy (non-hydrogen) atoms. The molecule has 1 amide bonds. The van der Waals surface area contributed by atoms with Crippen LogP contribution in [0.2, 0.25) is 0 Å². The maximum Gasteiger partial charge on any atom is 0.326 e. The molecule has 80 valence electrons. The quantitative estimate of drug-likeness (QED) is 0.678. The van der Waals surface area contributed by atoms with Crippen LogP contribution in [0.3, 0.4) is 0 Å². The van der Waals surface area contributed by atoms with Crippen molar-refractivity contribution < 1.29 is 19.4 Å². The Labute approximate surface area is 82.4 Å². The molecule has 0 aliphatic carbocycles. The van der Waals surface area contributed by atoms with Gasteiger partial charge < -0.3 is 15.2 Å². The smallest absolute Gasteiger partial charge is 0.326 e. The molecule has 1 fully saturated rings. The molecule has 1 rings (SSSR count). The van der Waals surface area contributed by atoms with E-state index < -0.39 is 18.1 Å². The number of ether oxygens (including phenoxy) is 1. The molecule has 0 saturated carbocycles. The van der Waals surface area contributed by atoms with Gasteiger partial charge in [0.2, 0.25) is 5.91 Å². The Morgan fingerprint density at radius 3 is 2.79 bits per heavy atom. The Kier molecular flexibility index (Phi) is 3.88. The molecule has 1 saturated heterocycles. The third kappa shape index (κ3) is 2.70. The first-order valence-corrected chi connectivity index (χ1v) is 4.80. The van der Waals surface area contributed by atoms with Crippen LogP contribution in [0.25, 0.3) is 0 Å². The fourth-order valence-corrected chi connectivity index (χ4v) is 1.39. The van der Waals surface area contributed by atoms with E-state index in [0.29, 0.717) is 19.4 Å². The van der Waals surface area contributed by atoms with Crippen LogP contribution in [-0.4, -0.2) is 35.7 Å².